The first-order valence-corrected chi connectivity index (χ1v) is 8.32. The van der Waals surface area contributed by atoms with Crippen molar-refractivity contribution in [2.75, 3.05) is 12.8 Å². The van der Waals surface area contributed by atoms with Gasteiger partial charge in [-0.15, -0.1) is 0 Å². The Hall–Kier alpha value is -0.300. The summed E-state index contributed by atoms with van der Waals surface area (Å²) in [4.78, 5) is 0. The van der Waals surface area contributed by atoms with E-state index in [4.69, 9.17) is 0 Å². The zero-order valence-electron chi connectivity index (χ0n) is 11.5. The molecule has 0 aromatic rings. The Bertz CT molecular complexity index is 396. The molecule has 1 rings (SSSR count). The van der Waals surface area contributed by atoms with Crippen LogP contribution in [0.25, 0.3) is 0 Å². The van der Waals surface area contributed by atoms with E-state index in [-0.39, 0.29) is 25.4 Å². The second kappa shape index (κ2) is 5.60. The van der Waals surface area contributed by atoms with Gasteiger partial charge in [-0.3, -0.25) is 0 Å². The maximum atomic E-state index is 12.5. The fourth-order valence-electron chi connectivity index (χ4n) is 2.15. The molecule has 3 nitrogen and oxygen atoms in total. The maximum absolute atomic E-state index is 12.5. The lowest BCUT2D eigenvalue weighted by molar-refractivity contribution is -0.182. The number of rotatable bonds is 4. The van der Waals surface area contributed by atoms with Gasteiger partial charge in [0.05, 0.1) is 10.7 Å². The average molecular weight is 301 g/mol. The van der Waals surface area contributed by atoms with Gasteiger partial charge in [-0.05, 0) is 39.5 Å². The predicted octanol–water partition coefficient (Wildman–Crippen LogP) is 2.52. The van der Waals surface area contributed by atoms with E-state index in [0.717, 1.165) is 0 Å². The summed E-state index contributed by atoms with van der Waals surface area (Å²) < 4.78 is 59.6. The standard InChI is InChI=1S/C12H22F3NO2S/c1-11(2,19(3,17)18)8-16-10-6-4-9(5-7-10)12(13,14)15/h9-10,16H,4-8H2,1-3H3. The minimum absolute atomic E-state index is 0.0142. The molecule has 0 atom stereocenters. The SMILES string of the molecule is CC(C)(CNC1CCC(C(F)(F)F)CC1)S(C)(=O)=O. The summed E-state index contributed by atoms with van der Waals surface area (Å²) in [7, 11) is -3.18. The normalized spacial score (nSPS) is 26.4. The van der Waals surface area contributed by atoms with Crippen LogP contribution in [0.15, 0.2) is 0 Å². The minimum Gasteiger partial charge on any atom is -0.312 e. The van der Waals surface area contributed by atoms with E-state index in [1.54, 1.807) is 13.8 Å². The lowest BCUT2D eigenvalue weighted by Crippen LogP contribution is -2.46. The first-order valence-electron chi connectivity index (χ1n) is 6.43. The third kappa shape index (κ3) is 4.63. The highest BCUT2D eigenvalue weighted by Crippen LogP contribution is 2.37. The lowest BCUT2D eigenvalue weighted by atomic mass is 9.85. The molecule has 0 aromatic carbocycles. The van der Waals surface area contributed by atoms with Gasteiger partial charge in [-0.2, -0.15) is 13.2 Å². The molecule has 1 aliphatic rings. The van der Waals surface area contributed by atoms with E-state index in [1.807, 2.05) is 0 Å². The quantitative estimate of drug-likeness (QED) is 0.868. The van der Waals surface area contributed by atoms with Crippen molar-refractivity contribution in [1.82, 2.24) is 5.32 Å². The van der Waals surface area contributed by atoms with Crippen LogP contribution in [0.3, 0.4) is 0 Å². The van der Waals surface area contributed by atoms with Gasteiger partial charge in [-0.1, -0.05) is 0 Å². The number of nitrogens with one attached hydrogen (secondary N) is 1. The van der Waals surface area contributed by atoms with Crippen LogP contribution in [0, 0.1) is 5.92 Å². The molecule has 1 aliphatic carbocycles. The van der Waals surface area contributed by atoms with Crippen LogP contribution < -0.4 is 5.32 Å². The van der Waals surface area contributed by atoms with E-state index < -0.39 is 26.7 Å². The Morgan fingerprint density at radius 1 is 1.11 bits per heavy atom. The van der Waals surface area contributed by atoms with Crippen LogP contribution >= 0.6 is 0 Å². The molecule has 0 heterocycles. The highest BCUT2D eigenvalue weighted by atomic mass is 32.2. The zero-order valence-corrected chi connectivity index (χ0v) is 12.4. The number of alkyl halides is 3. The largest absolute Gasteiger partial charge is 0.391 e. The second-order valence-corrected chi connectivity index (χ2v) is 8.65. The van der Waals surface area contributed by atoms with E-state index in [0.29, 0.717) is 12.8 Å². The molecule has 0 saturated heterocycles. The van der Waals surface area contributed by atoms with Crippen molar-refractivity contribution in [2.45, 2.75) is 56.5 Å². The first kappa shape index (κ1) is 16.8. The van der Waals surface area contributed by atoms with Gasteiger partial charge < -0.3 is 5.32 Å². The van der Waals surface area contributed by atoms with Crippen LogP contribution in [-0.2, 0) is 9.84 Å². The van der Waals surface area contributed by atoms with Crippen molar-refractivity contribution >= 4 is 9.84 Å². The molecule has 0 unspecified atom stereocenters. The molecule has 7 heteroatoms. The fourth-order valence-corrected chi connectivity index (χ4v) is 2.49. The molecular formula is C12H22F3NO2S. The van der Waals surface area contributed by atoms with Crippen LogP contribution in [0.5, 0.6) is 0 Å². The number of hydrogen-bond acceptors (Lipinski definition) is 3. The van der Waals surface area contributed by atoms with Crippen molar-refractivity contribution in [2.24, 2.45) is 5.92 Å². The second-order valence-electron chi connectivity index (χ2n) is 6.00. The Morgan fingerprint density at radius 2 is 1.58 bits per heavy atom. The van der Waals surface area contributed by atoms with Crippen LogP contribution in [0.2, 0.25) is 0 Å². The summed E-state index contributed by atoms with van der Waals surface area (Å²) in [5.74, 6) is -1.20. The van der Waals surface area contributed by atoms with Crippen molar-refractivity contribution in [3.05, 3.63) is 0 Å². The van der Waals surface area contributed by atoms with Gasteiger partial charge in [0, 0.05) is 18.8 Å². The smallest absolute Gasteiger partial charge is 0.312 e. The summed E-state index contributed by atoms with van der Waals surface area (Å²) in [5.41, 5.74) is 0. The molecule has 0 radical (unpaired) electrons. The summed E-state index contributed by atoms with van der Waals surface area (Å²) in [6.45, 7) is 3.51. The molecule has 0 spiro atoms. The summed E-state index contributed by atoms with van der Waals surface area (Å²) in [6.07, 6.45) is -1.78. The van der Waals surface area contributed by atoms with E-state index in [9.17, 15) is 21.6 Å². The van der Waals surface area contributed by atoms with Crippen molar-refractivity contribution in [1.29, 1.82) is 0 Å². The van der Waals surface area contributed by atoms with Crippen LogP contribution in [0.4, 0.5) is 13.2 Å². The molecule has 1 N–H and O–H groups in total. The molecule has 0 aliphatic heterocycles. The van der Waals surface area contributed by atoms with Crippen molar-refractivity contribution < 1.29 is 21.6 Å². The molecule has 19 heavy (non-hydrogen) atoms. The van der Waals surface area contributed by atoms with Gasteiger partial charge >= 0.3 is 6.18 Å². The molecule has 114 valence electrons. The molecule has 0 aromatic heterocycles. The monoisotopic (exact) mass is 301 g/mol. The van der Waals surface area contributed by atoms with Gasteiger partial charge in [0.1, 0.15) is 0 Å². The zero-order chi connectivity index (χ0) is 14.9. The topological polar surface area (TPSA) is 46.2 Å². The first-order chi connectivity index (χ1) is 8.43. The predicted molar refractivity (Wildman–Crippen MR) is 68.7 cm³/mol. The summed E-state index contributed by atoms with van der Waals surface area (Å²) in [5, 5.41) is 3.09. The van der Waals surface area contributed by atoms with E-state index in [1.165, 1.54) is 6.26 Å². The van der Waals surface area contributed by atoms with Crippen molar-refractivity contribution in [3.63, 3.8) is 0 Å². The van der Waals surface area contributed by atoms with Gasteiger partial charge in [0.25, 0.3) is 0 Å². The van der Waals surface area contributed by atoms with Gasteiger partial charge in [-0.25, -0.2) is 8.42 Å². The Labute approximate surface area is 112 Å². The lowest BCUT2D eigenvalue weighted by Gasteiger charge is -2.32. The van der Waals surface area contributed by atoms with E-state index >= 15 is 0 Å². The number of halogens is 3. The third-order valence-electron chi connectivity index (χ3n) is 4.01. The van der Waals surface area contributed by atoms with Crippen molar-refractivity contribution in [3.8, 4) is 0 Å². The van der Waals surface area contributed by atoms with E-state index in [2.05, 4.69) is 5.32 Å². The van der Waals surface area contributed by atoms with Gasteiger partial charge in [0.15, 0.2) is 9.84 Å². The summed E-state index contributed by atoms with van der Waals surface area (Å²) >= 11 is 0. The molecule has 1 fully saturated rings. The Morgan fingerprint density at radius 3 is 1.95 bits per heavy atom. The maximum Gasteiger partial charge on any atom is 0.391 e. The highest BCUT2D eigenvalue weighted by Gasteiger charge is 2.41. The number of hydrogen-bond donors (Lipinski definition) is 1. The average Bonchev–Trinajstić information content (AvgIpc) is 2.24. The number of sulfone groups is 1. The molecular weight excluding hydrogens is 279 g/mol. The van der Waals surface area contributed by atoms with Gasteiger partial charge in [0.2, 0.25) is 0 Å². The Balaban J connectivity index is 2.43. The Kier molecular flexibility index (Phi) is 4.93. The minimum atomic E-state index is -4.10. The molecule has 0 bridgehead atoms. The summed E-state index contributed by atoms with van der Waals surface area (Å²) in [6, 6.07) is -0.0142. The molecule has 1 saturated carbocycles. The fraction of sp³-hybridized carbons (Fsp3) is 1.00. The molecule has 0 amide bonds. The van der Waals surface area contributed by atoms with Crippen LogP contribution in [0.1, 0.15) is 39.5 Å². The highest BCUT2D eigenvalue weighted by molar-refractivity contribution is 7.92. The third-order valence-corrected chi connectivity index (χ3v) is 6.16. The van der Waals surface area contributed by atoms with Crippen LogP contribution in [-0.4, -0.2) is 38.2 Å².